The zero-order valence-electron chi connectivity index (χ0n) is 9.32. The SMILES string of the molecule is N#CC1(c2ccc(N3CCCC3)nc2)CC1. The van der Waals surface area contributed by atoms with E-state index in [0.717, 1.165) is 37.3 Å². The third-order valence-electron chi connectivity index (χ3n) is 3.69. The largest absolute Gasteiger partial charge is 0.357 e. The van der Waals surface area contributed by atoms with Gasteiger partial charge in [-0.1, -0.05) is 6.07 Å². The molecule has 1 saturated carbocycles. The molecule has 0 unspecified atom stereocenters. The second-order valence-corrected chi connectivity index (χ2v) is 4.79. The summed E-state index contributed by atoms with van der Waals surface area (Å²) in [6, 6.07) is 6.55. The third kappa shape index (κ3) is 1.46. The van der Waals surface area contributed by atoms with Crippen molar-refractivity contribution in [3.8, 4) is 6.07 Å². The average Bonchev–Trinajstić information content (AvgIpc) is 2.96. The fraction of sp³-hybridized carbons (Fsp3) is 0.538. The van der Waals surface area contributed by atoms with Crippen molar-refractivity contribution in [2.45, 2.75) is 31.1 Å². The Morgan fingerprint density at radius 3 is 2.50 bits per heavy atom. The Balaban J connectivity index is 1.83. The number of aromatic nitrogens is 1. The molecule has 1 aliphatic carbocycles. The molecule has 1 aromatic rings. The van der Waals surface area contributed by atoms with Crippen molar-refractivity contribution in [1.29, 1.82) is 5.26 Å². The van der Waals surface area contributed by atoms with E-state index in [4.69, 9.17) is 5.26 Å². The molecule has 3 nitrogen and oxygen atoms in total. The first-order chi connectivity index (χ1) is 7.84. The fourth-order valence-corrected chi connectivity index (χ4v) is 2.39. The smallest absolute Gasteiger partial charge is 0.128 e. The van der Waals surface area contributed by atoms with Gasteiger partial charge in [-0.2, -0.15) is 5.26 Å². The predicted molar refractivity (Wildman–Crippen MR) is 62.2 cm³/mol. The van der Waals surface area contributed by atoms with Gasteiger partial charge >= 0.3 is 0 Å². The molecule has 0 atom stereocenters. The molecule has 82 valence electrons. The fourth-order valence-electron chi connectivity index (χ4n) is 2.39. The molecule has 0 aromatic carbocycles. The number of nitriles is 1. The van der Waals surface area contributed by atoms with Crippen LogP contribution in [0.3, 0.4) is 0 Å². The van der Waals surface area contributed by atoms with E-state index >= 15 is 0 Å². The first kappa shape index (κ1) is 9.65. The van der Waals surface area contributed by atoms with Gasteiger partial charge in [0.2, 0.25) is 0 Å². The Morgan fingerprint density at radius 2 is 2.00 bits per heavy atom. The van der Waals surface area contributed by atoms with Crippen LogP contribution >= 0.6 is 0 Å². The van der Waals surface area contributed by atoms with E-state index in [0.29, 0.717) is 0 Å². The lowest BCUT2D eigenvalue weighted by atomic mass is 10.00. The van der Waals surface area contributed by atoms with E-state index in [1.807, 2.05) is 6.20 Å². The molecule has 0 N–H and O–H groups in total. The summed E-state index contributed by atoms with van der Waals surface area (Å²) in [6.07, 6.45) is 6.42. The summed E-state index contributed by atoms with van der Waals surface area (Å²) in [5, 5.41) is 9.10. The van der Waals surface area contributed by atoms with Gasteiger partial charge in [-0.25, -0.2) is 4.98 Å². The maximum absolute atomic E-state index is 9.10. The molecule has 2 aliphatic rings. The standard InChI is InChI=1S/C13H15N3/c14-10-13(5-6-13)11-3-4-12(15-9-11)16-7-1-2-8-16/h3-4,9H,1-2,5-8H2. The minimum atomic E-state index is -0.198. The molecule has 2 fully saturated rings. The highest BCUT2D eigenvalue weighted by Crippen LogP contribution is 2.47. The van der Waals surface area contributed by atoms with Crippen LogP contribution in [0.4, 0.5) is 5.82 Å². The van der Waals surface area contributed by atoms with Gasteiger partial charge in [-0.05, 0) is 37.3 Å². The van der Waals surface area contributed by atoms with Crippen molar-refractivity contribution in [1.82, 2.24) is 4.98 Å². The van der Waals surface area contributed by atoms with E-state index in [1.165, 1.54) is 12.8 Å². The summed E-state index contributed by atoms with van der Waals surface area (Å²) in [7, 11) is 0. The molecule has 1 saturated heterocycles. The van der Waals surface area contributed by atoms with E-state index < -0.39 is 0 Å². The van der Waals surface area contributed by atoms with Crippen LogP contribution in [0.5, 0.6) is 0 Å². The van der Waals surface area contributed by atoms with Crippen molar-refractivity contribution in [2.24, 2.45) is 0 Å². The van der Waals surface area contributed by atoms with Crippen LogP contribution in [0.15, 0.2) is 18.3 Å². The molecule has 0 amide bonds. The number of rotatable bonds is 2. The Labute approximate surface area is 95.7 Å². The average molecular weight is 213 g/mol. The second-order valence-electron chi connectivity index (χ2n) is 4.79. The highest BCUT2D eigenvalue weighted by molar-refractivity contribution is 5.45. The van der Waals surface area contributed by atoms with Gasteiger partial charge in [-0.15, -0.1) is 0 Å². The van der Waals surface area contributed by atoms with Crippen molar-refractivity contribution >= 4 is 5.82 Å². The summed E-state index contributed by atoms with van der Waals surface area (Å²) < 4.78 is 0. The lowest BCUT2D eigenvalue weighted by Crippen LogP contribution is -2.19. The second kappa shape index (κ2) is 3.48. The number of hydrogen-bond acceptors (Lipinski definition) is 3. The first-order valence-corrected chi connectivity index (χ1v) is 5.97. The van der Waals surface area contributed by atoms with Crippen molar-refractivity contribution < 1.29 is 0 Å². The lowest BCUT2D eigenvalue weighted by molar-refractivity contribution is 0.882. The molecular formula is C13H15N3. The zero-order chi connectivity index (χ0) is 11.0. The van der Waals surface area contributed by atoms with Crippen molar-refractivity contribution in [2.75, 3.05) is 18.0 Å². The van der Waals surface area contributed by atoms with Crippen LogP contribution in [0.2, 0.25) is 0 Å². The summed E-state index contributed by atoms with van der Waals surface area (Å²) in [5.74, 6) is 1.06. The maximum atomic E-state index is 9.10. The van der Waals surface area contributed by atoms with Gasteiger partial charge in [0.25, 0.3) is 0 Å². The highest BCUT2D eigenvalue weighted by Gasteiger charge is 2.45. The van der Waals surface area contributed by atoms with E-state index in [1.54, 1.807) is 0 Å². The molecule has 0 spiro atoms. The van der Waals surface area contributed by atoms with Gasteiger partial charge < -0.3 is 4.90 Å². The van der Waals surface area contributed by atoms with Crippen LogP contribution in [0, 0.1) is 11.3 Å². The number of pyridine rings is 1. The molecule has 2 heterocycles. The Bertz CT molecular complexity index is 419. The van der Waals surface area contributed by atoms with Gasteiger partial charge in [0.05, 0.1) is 11.5 Å². The number of anilines is 1. The van der Waals surface area contributed by atoms with Crippen molar-refractivity contribution in [3.05, 3.63) is 23.9 Å². The summed E-state index contributed by atoms with van der Waals surface area (Å²) in [6.45, 7) is 2.24. The molecule has 1 aliphatic heterocycles. The Hall–Kier alpha value is -1.56. The van der Waals surface area contributed by atoms with Crippen LogP contribution in [0.1, 0.15) is 31.2 Å². The van der Waals surface area contributed by atoms with Gasteiger partial charge in [0.1, 0.15) is 5.82 Å². The van der Waals surface area contributed by atoms with Crippen molar-refractivity contribution in [3.63, 3.8) is 0 Å². The monoisotopic (exact) mass is 213 g/mol. The maximum Gasteiger partial charge on any atom is 0.128 e. The summed E-state index contributed by atoms with van der Waals surface area (Å²) in [4.78, 5) is 6.80. The van der Waals surface area contributed by atoms with E-state index in [-0.39, 0.29) is 5.41 Å². The molecule has 16 heavy (non-hydrogen) atoms. The molecule has 1 aromatic heterocycles. The Kier molecular flexibility index (Phi) is 2.10. The Morgan fingerprint density at radius 1 is 1.25 bits per heavy atom. The quantitative estimate of drug-likeness (QED) is 0.756. The zero-order valence-corrected chi connectivity index (χ0v) is 9.32. The van der Waals surface area contributed by atoms with Crippen LogP contribution in [-0.2, 0) is 5.41 Å². The topological polar surface area (TPSA) is 39.9 Å². The lowest BCUT2D eigenvalue weighted by Gasteiger charge is -2.16. The minimum absolute atomic E-state index is 0.198. The normalized spacial score (nSPS) is 21.8. The highest BCUT2D eigenvalue weighted by atomic mass is 15.2. The molecule has 0 bridgehead atoms. The molecule has 0 radical (unpaired) electrons. The third-order valence-corrected chi connectivity index (χ3v) is 3.69. The van der Waals surface area contributed by atoms with Crippen LogP contribution < -0.4 is 4.90 Å². The molecule has 3 heteroatoms. The first-order valence-electron chi connectivity index (χ1n) is 5.97. The van der Waals surface area contributed by atoms with Crippen LogP contribution in [-0.4, -0.2) is 18.1 Å². The minimum Gasteiger partial charge on any atom is -0.357 e. The van der Waals surface area contributed by atoms with Crippen LogP contribution in [0.25, 0.3) is 0 Å². The van der Waals surface area contributed by atoms with Gasteiger partial charge in [-0.3, -0.25) is 0 Å². The van der Waals surface area contributed by atoms with E-state index in [9.17, 15) is 0 Å². The summed E-state index contributed by atoms with van der Waals surface area (Å²) in [5.41, 5.74) is 0.897. The van der Waals surface area contributed by atoms with Gasteiger partial charge in [0.15, 0.2) is 0 Å². The predicted octanol–water partition coefficient (Wildman–Crippen LogP) is 2.24. The summed E-state index contributed by atoms with van der Waals surface area (Å²) >= 11 is 0. The van der Waals surface area contributed by atoms with Gasteiger partial charge in [0, 0.05) is 19.3 Å². The van der Waals surface area contributed by atoms with E-state index in [2.05, 4.69) is 28.1 Å². The molecular weight excluding hydrogens is 198 g/mol. The number of hydrogen-bond donors (Lipinski definition) is 0. The molecule has 3 rings (SSSR count). The number of nitrogens with zero attached hydrogens (tertiary/aromatic N) is 3.